The summed E-state index contributed by atoms with van der Waals surface area (Å²) in [5.74, 6) is 1.49. The molecule has 0 radical (unpaired) electrons. The lowest BCUT2D eigenvalue weighted by Gasteiger charge is -2.25. The first-order chi connectivity index (χ1) is 18.0. The van der Waals surface area contributed by atoms with Crippen LogP contribution in [0.4, 0.5) is 10.1 Å². The first-order valence-electron chi connectivity index (χ1n) is 13.0. The molecule has 3 heterocycles. The van der Waals surface area contributed by atoms with E-state index in [0.717, 1.165) is 35.4 Å². The van der Waals surface area contributed by atoms with Crippen LogP contribution in [0.25, 0.3) is 0 Å². The van der Waals surface area contributed by atoms with Crippen LogP contribution < -0.4 is 19.5 Å². The number of hydrogen-bond acceptors (Lipinski definition) is 5. The van der Waals surface area contributed by atoms with E-state index in [-0.39, 0.29) is 37.0 Å². The van der Waals surface area contributed by atoms with Crippen molar-refractivity contribution in [2.75, 3.05) is 31.8 Å². The van der Waals surface area contributed by atoms with E-state index < -0.39 is 0 Å². The Bertz CT molecular complexity index is 1360. The van der Waals surface area contributed by atoms with Crippen LogP contribution in [-0.4, -0.2) is 37.3 Å². The third-order valence-corrected chi connectivity index (χ3v) is 7.70. The van der Waals surface area contributed by atoms with E-state index in [0.29, 0.717) is 36.6 Å². The predicted octanol–water partition coefficient (Wildman–Crippen LogP) is 5.53. The molecule has 0 aromatic heterocycles. The molecule has 1 N–H and O–H groups in total. The number of nitrogens with zero attached hydrogens (tertiary/aromatic N) is 1. The summed E-state index contributed by atoms with van der Waals surface area (Å²) in [6.07, 6.45) is 2.42. The molecule has 192 valence electrons. The normalized spacial score (nSPS) is 20.1. The maximum atomic E-state index is 15.1. The van der Waals surface area contributed by atoms with E-state index in [4.69, 9.17) is 14.2 Å². The number of benzene rings is 3. The number of fused-ring (bicyclic) bond motifs is 2. The van der Waals surface area contributed by atoms with E-state index >= 15 is 4.39 Å². The summed E-state index contributed by atoms with van der Waals surface area (Å²) in [6, 6.07) is 15.5. The Morgan fingerprint density at radius 3 is 2.73 bits per heavy atom. The zero-order chi connectivity index (χ0) is 25.5. The predicted molar refractivity (Wildman–Crippen MR) is 139 cm³/mol. The minimum Gasteiger partial charge on any atom is -0.493 e. The third kappa shape index (κ3) is 4.64. The second-order valence-electron chi connectivity index (χ2n) is 10.1. The van der Waals surface area contributed by atoms with Gasteiger partial charge < -0.3 is 19.5 Å². The number of nitrogens with one attached hydrogen (secondary N) is 1. The minimum atomic E-state index is -0.297. The molecule has 0 aliphatic carbocycles. The molecule has 6 rings (SSSR count). The quantitative estimate of drug-likeness (QED) is 0.480. The highest BCUT2D eigenvalue weighted by Crippen LogP contribution is 2.45. The lowest BCUT2D eigenvalue weighted by Crippen LogP contribution is -2.33. The van der Waals surface area contributed by atoms with E-state index in [2.05, 4.69) is 42.3 Å². The standard InChI is InChI=1S/C30H31FN2O4/c1-3-19-10-18(2)4-6-25(19)32-30(34)16-33-15-22(23-13-28-29(14-24(23)31)37-17-36-28)12-26(33)20-5-7-27-21(11-20)8-9-35-27/h4-7,10-11,13-14,22,26H,3,8-9,12,15-17H2,1-2H3,(H,32,34)/t22-,26-/m1/s1. The molecule has 3 aliphatic heterocycles. The molecule has 1 saturated heterocycles. The van der Waals surface area contributed by atoms with Gasteiger partial charge in [0, 0.05) is 36.7 Å². The fourth-order valence-corrected chi connectivity index (χ4v) is 5.82. The Morgan fingerprint density at radius 2 is 1.89 bits per heavy atom. The van der Waals surface area contributed by atoms with Gasteiger partial charge in [-0.05, 0) is 60.2 Å². The van der Waals surface area contributed by atoms with Gasteiger partial charge in [-0.3, -0.25) is 9.69 Å². The monoisotopic (exact) mass is 502 g/mol. The Balaban J connectivity index is 1.27. The first-order valence-corrected chi connectivity index (χ1v) is 13.0. The fourth-order valence-electron chi connectivity index (χ4n) is 5.82. The molecular weight excluding hydrogens is 471 g/mol. The largest absolute Gasteiger partial charge is 0.493 e. The number of carbonyl (C=O) groups is 1. The van der Waals surface area contributed by atoms with Gasteiger partial charge in [0.15, 0.2) is 11.5 Å². The first kappa shape index (κ1) is 23.8. The zero-order valence-electron chi connectivity index (χ0n) is 21.2. The van der Waals surface area contributed by atoms with Gasteiger partial charge in [0.25, 0.3) is 0 Å². The van der Waals surface area contributed by atoms with Gasteiger partial charge >= 0.3 is 0 Å². The van der Waals surface area contributed by atoms with Crippen LogP contribution in [0.3, 0.4) is 0 Å². The Kier molecular flexibility index (Phi) is 6.24. The van der Waals surface area contributed by atoms with Gasteiger partial charge in [0.05, 0.1) is 13.2 Å². The summed E-state index contributed by atoms with van der Waals surface area (Å²) in [6.45, 7) is 5.72. The number of likely N-dealkylation sites (tertiary alicyclic amines) is 1. The number of amides is 1. The Hall–Kier alpha value is -3.58. The highest BCUT2D eigenvalue weighted by atomic mass is 19.1. The summed E-state index contributed by atoms with van der Waals surface area (Å²) in [5.41, 5.74) is 6.06. The van der Waals surface area contributed by atoms with E-state index in [1.54, 1.807) is 6.07 Å². The SMILES string of the molecule is CCc1cc(C)ccc1NC(=O)CN1C[C@H](c2cc3c(cc2F)OCO3)C[C@@H]1c1ccc2c(c1)CCO2. The van der Waals surface area contributed by atoms with Crippen molar-refractivity contribution >= 4 is 11.6 Å². The van der Waals surface area contributed by atoms with Gasteiger partial charge in [-0.1, -0.05) is 36.8 Å². The van der Waals surface area contributed by atoms with Crippen molar-refractivity contribution in [2.24, 2.45) is 0 Å². The molecule has 37 heavy (non-hydrogen) atoms. The molecule has 0 spiro atoms. The Labute approximate surface area is 216 Å². The van der Waals surface area contributed by atoms with Crippen LogP contribution in [-0.2, 0) is 17.6 Å². The lowest BCUT2D eigenvalue weighted by atomic mass is 9.92. The van der Waals surface area contributed by atoms with Crippen LogP contribution in [0.1, 0.15) is 53.1 Å². The van der Waals surface area contributed by atoms with Crippen molar-refractivity contribution < 1.29 is 23.4 Å². The molecule has 0 bridgehead atoms. The second-order valence-corrected chi connectivity index (χ2v) is 10.1. The van der Waals surface area contributed by atoms with E-state index in [1.807, 2.05) is 18.2 Å². The molecule has 7 heteroatoms. The topological polar surface area (TPSA) is 60.0 Å². The summed E-state index contributed by atoms with van der Waals surface area (Å²) in [5, 5.41) is 3.12. The van der Waals surface area contributed by atoms with Gasteiger partial charge in [-0.25, -0.2) is 4.39 Å². The van der Waals surface area contributed by atoms with Crippen molar-refractivity contribution in [3.05, 3.63) is 82.2 Å². The average Bonchev–Trinajstić information content (AvgIpc) is 3.63. The second kappa shape index (κ2) is 9.71. The number of anilines is 1. The average molecular weight is 503 g/mol. The minimum absolute atomic E-state index is 0.0184. The van der Waals surface area contributed by atoms with Crippen molar-refractivity contribution in [2.45, 2.75) is 45.1 Å². The summed E-state index contributed by atoms with van der Waals surface area (Å²) < 4.78 is 31.7. The van der Waals surface area contributed by atoms with Gasteiger partial charge in [0.1, 0.15) is 11.6 Å². The van der Waals surface area contributed by atoms with Crippen molar-refractivity contribution in [1.29, 1.82) is 0 Å². The summed E-state index contributed by atoms with van der Waals surface area (Å²) in [7, 11) is 0. The number of hydrogen-bond donors (Lipinski definition) is 1. The van der Waals surface area contributed by atoms with E-state index in [9.17, 15) is 4.79 Å². The van der Waals surface area contributed by atoms with Crippen LogP contribution in [0, 0.1) is 12.7 Å². The van der Waals surface area contributed by atoms with Crippen LogP contribution in [0.5, 0.6) is 17.2 Å². The maximum absolute atomic E-state index is 15.1. The molecular formula is C30H31FN2O4. The molecule has 6 nitrogen and oxygen atoms in total. The smallest absolute Gasteiger partial charge is 0.238 e. The van der Waals surface area contributed by atoms with Crippen LogP contribution in [0.15, 0.2) is 48.5 Å². The molecule has 3 aromatic rings. The zero-order valence-corrected chi connectivity index (χ0v) is 21.2. The molecule has 3 aromatic carbocycles. The fraction of sp³-hybridized carbons (Fsp3) is 0.367. The third-order valence-electron chi connectivity index (χ3n) is 7.70. The lowest BCUT2D eigenvalue weighted by molar-refractivity contribution is -0.117. The molecule has 1 amide bonds. The summed E-state index contributed by atoms with van der Waals surface area (Å²) >= 11 is 0. The molecule has 0 unspecified atom stereocenters. The van der Waals surface area contributed by atoms with Crippen LogP contribution >= 0.6 is 0 Å². The van der Waals surface area contributed by atoms with Crippen LogP contribution in [0.2, 0.25) is 0 Å². The van der Waals surface area contributed by atoms with Gasteiger partial charge in [0.2, 0.25) is 12.7 Å². The highest BCUT2D eigenvalue weighted by Gasteiger charge is 2.37. The van der Waals surface area contributed by atoms with Gasteiger partial charge in [-0.15, -0.1) is 0 Å². The number of aryl methyl sites for hydroxylation is 2. The number of halogens is 1. The molecule has 1 fully saturated rings. The van der Waals surface area contributed by atoms with Crippen molar-refractivity contribution in [3.63, 3.8) is 0 Å². The molecule has 3 aliphatic rings. The number of rotatable bonds is 6. The number of ether oxygens (including phenoxy) is 3. The van der Waals surface area contributed by atoms with Gasteiger partial charge in [-0.2, -0.15) is 0 Å². The van der Waals surface area contributed by atoms with E-state index in [1.165, 1.54) is 17.2 Å². The Morgan fingerprint density at radius 1 is 1.05 bits per heavy atom. The highest BCUT2D eigenvalue weighted by molar-refractivity contribution is 5.93. The van der Waals surface area contributed by atoms with Crippen molar-refractivity contribution in [3.8, 4) is 17.2 Å². The number of carbonyl (C=O) groups excluding carboxylic acids is 1. The van der Waals surface area contributed by atoms with Crippen molar-refractivity contribution in [1.82, 2.24) is 4.90 Å². The maximum Gasteiger partial charge on any atom is 0.238 e. The molecule has 0 saturated carbocycles. The molecule has 2 atom stereocenters. The summed E-state index contributed by atoms with van der Waals surface area (Å²) in [4.78, 5) is 15.4.